The Hall–Kier alpha value is -0.753. The van der Waals surface area contributed by atoms with Gasteiger partial charge in [-0.05, 0) is 18.9 Å². The standard InChI is InChI=1S/C15H26O2Si/c1-5-9-15(10-7-6-8-11-15)14(16)17-12-13-18(2,3)4/h1H,6-13H2,2-4H3. The van der Waals surface area contributed by atoms with Gasteiger partial charge in [-0.2, -0.15) is 0 Å². The highest BCUT2D eigenvalue weighted by Crippen LogP contribution is 2.40. The Bertz CT molecular complexity index is 316. The van der Waals surface area contributed by atoms with E-state index in [2.05, 4.69) is 25.6 Å². The number of hydrogen-bond donors (Lipinski definition) is 0. The van der Waals surface area contributed by atoms with Gasteiger partial charge in [0.05, 0.1) is 12.0 Å². The van der Waals surface area contributed by atoms with Gasteiger partial charge < -0.3 is 4.74 Å². The molecule has 1 saturated carbocycles. The Morgan fingerprint density at radius 2 is 1.89 bits per heavy atom. The number of ether oxygens (including phenoxy) is 1. The number of rotatable bonds is 5. The van der Waals surface area contributed by atoms with Crippen LogP contribution in [-0.4, -0.2) is 20.7 Å². The lowest BCUT2D eigenvalue weighted by Gasteiger charge is -2.33. The molecule has 0 aromatic carbocycles. The number of hydrogen-bond acceptors (Lipinski definition) is 2. The third-order valence-electron chi connectivity index (χ3n) is 3.77. The summed E-state index contributed by atoms with van der Waals surface area (Å²) in [7, 11) is -1.13. The lowest BCUT2D eigenvalue weighted by molar-refractivity contribution is -0.157. The molecule has 0 saturated heterocycles. The first-order valence-electron chi connectivity index (χ1n) is 7.00. The van der Waals surface area contributed by atoms with Crippen LogP contribution in [0.4, 0.5) is 0 Å². The first-order chi connectivity index (χ1) is 8.40. The predicted molar refractivity (Wildman–Crippen MR) is 78.1 cm³/mol. The van der Waals surface area contributed by atoms with Crippen molar-refractivity contribution in [2.45, 2.75) is 64.2 Å². The van der Waals surface area contributed by atoms with Crippen LogP contribution in [0.25, 0.3) is 0 Å². The van der Waals surface area contributed by atoms with Gasteiger partial charge in [-0.25, -0.2) is 0 Å². The molecule has 0 aliphatic heterocycles. The Kier molecular flexibility index (Phi) is 5.46. The third kappa shape index (κ3) is 4.49. The molecule has 1 rings (SSSR count). The van der Waals surface area contributed by atoms with E-state index in [4.69, 9.17) is 11.2 Å². The van der Waals surface area contributed by atoms with Crippen LogP contribution in [0.1, 0.15) is 38.5 Å². The average Bonchev–Trinajstić information content (AvgIpc) is 2.29. The lowest BCUT2D eigenvalue weighted by atomic mass is 9.72. The summed E-state index contributed by atoms with van der Waals surface area (Å²) >= 11 is 0. The van der Waals surface area contributed by atoms with E-state index >= 15 is 0 Å². The highest BCUT2D eigenvalue weighted by Gasteiger charge is 2.40. The van der Waals surface area contributed by atoms with E-state index < -0.39 is 8.07 Å². The second-order valence-electron chi connectivity index (χ2n) is 6.67. The summed E-state index contributed by atoms with van der Waals surface area (Å²) in [6.45, 7) is 7.44. The summed E-state index contributed by atoms with van der Waals surface area (Å²) < 4.78 is 5.51. The molecule has 102 valence electrons. The quantitative estimate of drug-likeness (QED) is 0.429. The maximum atomic E-state index is 12.3. The smallest absolute Gasteiger partial charge is 0.313 e. The normalized spacial score (nSPS) is 19.0. The molecule has 0 atom stereocenters. The van der Waals surface area contributed by atoms with Crippen molar-refractivity contribution in [3.8, 4) is 12.3 Å². The van der Waals surface area contributed by atoms with Crippen LogP contribution < -0.4 is 0 Å². The topological polar surface area (TPSA) is 26.3 Å². The minimum Gasteiger partial charge on any atom is -0.466 e. The molecule has 18 heavy (non-hydrogen) atoms. The minimum atomic E-state index is -1.13. The Morgan fingerprint density at radius 1 is 1.28 bits per heavy atom. The number of esters is 1. The summed E-state index contributed by atoms with van der Waals surface area (Å²) in [5, 5.41) is 0. The van der Waals surface area contributed by atoms with Gasteiger partial charge in [-0.15, -0.1) is 12.3 Å². The van der Waals surface area contributed by atoms with Crippen LogP contribution in [0.3, 0.4) is 0 Å². The van der Waals surface area contributed by atoms with E-state index in [1.807, 2.05) is 0 Å². The predicted octanol–water partition coefficient (Wildman–Crippen LogP) is 3.84. The molecule has 0 amide bonds. The second kappa shape index (κ2) is 6.42. The molecule has 0 bridgehead atoms. The van der Waals surface area contributed by atoms with Crippen molar-refractivity contribution >= 4 is 14.0 Å². The zero-order chi connectivity index (χ0) is 13.6. The number of carbonyl (C=O) groups excluding carboxylic acids is 1. The van der Waals surface area contributed by atoms with Gasteiger partial charge in [-0.1, -0.05) is 38.9 Å². The fourth-order valence-electron chi connectivity index (χ4n) is 2.48. The average molecular weight is 266 g/mol. The zero-order valence-electron chi connectivity index (χ0n) is 12.1. The fraction of sp³-hybridized carbons (Fsp3) is 0.800. The molecule has 0 spiro atoms. The van der Waals surface area contributed by atoms with E-state index in [9.17, 15) is 4.79 Å². The maximum absolute atomic E-state index is 12.3. The van der Waals surface area contributed by atoms with Crippen molar-refractivity contribution in [2.75, 3.05) is 6.61 Å². The van der Waals surface area contributed by atoms with Gasteiger partial charge >= 0.3 is 5.97 Å². The van der Waals surface area contributed by atoms with Crippen LogP contribution >= 0.6 is 0 Å². The maximum Gasteiger partial charge on any atom is 0.313 e. The van der Waals surface area contributed by atoms with E-state index in [1.54, 1.807) is 0 Å². The highest BCUT2D eigenvalue weighted by molar-refractivity contribution is 6.76. The fourth-order valence-corrected chi connectivity index (χ4v) is 3.19. The molecule has 0 radical (unpaired) electrons. The molecule has 0 N–H and O–H groups in total. The van der Waals surface area contributed by atoms with Crippen LogP contribution in [0.15, 0.2) is 0 Å². The van der Waals surface area contributed by atoms with Gasteiger partial charge in [0.2, 0.25) is 0 Å². The molecule has 1 aliphatic rings. The summed E-state index contributed by atoms with van der Waals surface area (Å²) in [5.74, 6) is 2.63. The third-order valence-corrected chi connectivity index (χ3v) is 5.47. The Labute approximate surface area is 112 Å². The molecular weight excluding hydrogens is 240 g/mol. The van der Waals surface area contributed by atoms with E-state index in [1.165, 1.54) is 6.42 Å². The Morgan fingerprint density at radius 3 is 2.39 bits per heavy atom. The molecule has 1 fully saturated rings. The first-order valence-corrected chi connectivity index (χ1v) is 10.7. The van der Waals surface area contributed by atoms with E-state index in [0.717, 1.165) is 31.7 Å². The van der Waals surface area contributed by atoms with E-state index in [-0.39, 0.29) is 11.4 Å². The molecule has 0 heterocycles. The first kappa shape index (κ1) is 15.3. The van der Waals surface area contributed by atoms with Gasteiger partial charge in [-0.3, -0.25) is 4.79 Å². The van der Waals surface area contributed by atoms with Crippen molar-refractivity contribution in [2.24, 2.45) is 5.41 Å². The van der Waals surface area contributed by atoms with Crippen molar-refractivity contribution in [1.82, 2.24) is 0 Å². The molecule has 3 heteroatoms. The highest BCUT2D eigenvalue weighted by atomic mass is 28.3. The molecule has 0 aromatic rings. The molecule has 0 aromatic heterocycles. The summed E-state index contributed by atoms with van der Waals surface area (Å²) in [5.41, 5.74) is -0.369. The monoisotopic (exact) mass is 266 g/mol. The van der Waals surface area contributed by atoms with Crippen molar-refractivity contribution in [3.05, 3.63) is 0 Å². The van der Waals surface area contributed by atoms with Crippen molar-refractivity contribution < 1.29 is 9.53 Å². The van der Waals surface area contributed by atoms with Gasteiger partial charge in [0.15, 0.2) is 0 Å². The van der Waals surface area contributed by atoms with Gasteiger partial charge in [0, 0.05) is 14.5 Å². The van der Waals surface area contributed by atoms with Crippen LogP contribution in [0.2, 0.25) is 25.7 Å². The van der Waals surface area contributed by atoms with Gasteiger partial charge in [0.25, 0.3) is 0 Å². The number of carbonyl (C=O) groups is 1. The van der Waals surface area contributed by atoms with Crippen LogP contribution in [0, 0.1) is 17.8 Å². The molecule has 0 unspecified atom stereocenters. The van der Waals surface area contributed by atoms with Crippen LogP contribution in [0.5, 0.6) is 0 Å². The van der Waals surface area contributed by atoms with Crippen molar-refractivity contribution in [3.63, 3.8) is 0 Å². The largest absolute Gasteiger partial charge is 0.466 e. The van der Waals surface area contributed by atoms with Crippen LogP contribution in [-0.2, 0) is 9.53 Å². The lowest BCUT2D eigenvalue weighted by Crippen LogP contribution is -2.35. The molecule has 1 aliphatic carbocycles. The Balaban J connectivity index is 2.53. The molecule has 2 nitrogen and oxygen atoms in total. The summed E-state index contributed by atoms with van der Waals surface area (Å²) in [6, 6.07) is 1.03. The second-order valence-corrected chi connectivity index (χ2v) is 12.3. The minimum absolute atomic E-state index is 0.0431. The summed E-state index contributed by atoms with van der Waals surface area (Å²) in [6.07, 6.45) is 11.2. The van der Waals surface area contributed by atoms with E-state index in [0.29, 0.717) is 13.0 Å². The SMILES string of the molecule is C#CCC1(C(=O)OCC[Si](C)(C)C)CCCCC1. The zero-order valence-corrected chi connectivity index (χ0v) is 13.1. The van der Waals surface area contributed by atoms with Crippen molar-refractivity contribution in [1.29, 1.82) is 0 Å². The van der Waals surface area contributed by atoms with Gasteiger partial charge in [0.1, 0.15) is 0 Å². The number of terminal acetylenes is 1. The summed E-state index contributed by atoms with van der Waals surface area (Å²) in [4.78, 5) is 12.3. The molecular formula is C15H26O2Si.